The van der Waals surface area contributed by atoms with Gasteiger partial charge in [0.15, 0.2) is 6.29 Å². The Kier molecular flexibility index (Phi) is 5.96. The van der Waals surface area contributed by atoms with Crippen molar-refractivity contribution in [2.75, 3.05) is 6.61 Å². The molecule has 1 heterocycles. The van der Waals surface area contributed by atoms with Crippen LogP contribution in [0.3, 0.4) is 0 Å². The molecule has 0 amide bonds. The molecule has 1 N–H and O–H groups in total. The van der Waals surface area contributed by atoms with Gasteiger partial charge >= 0.3 is 11.9 Å². The van der Waals surface area contributed by atoms with Crippen LogP contribution in [0.2, 0.25) is 0 Å². The van der Waals surface area contributed by atoms with E-state index in [2.05, 4.69) is 34.6 Å². The number of carbonyl (C=O) groups excluding carboxylic acids is 2. The lowest BCUT2D eigenvalue weighted by atomic mass is 9.34. The fourth-order valence-corrected chi connectivity index (χ4v) is 10.9. The van der Waals surface area contributed by atoms with E-state index in [0.29, 0.717) is 23.9 Å². The van der Waals surface area contributed by atoms with E-state index in [0.717, 1.165) is 19.3 Å². The van der Waals surface area contributed by atoms with Gasteiger partial charge in [0.05, 0.1) is 6.61 Å². The maximum absolute atomic E-state index is 12.4. The number of rotatable bonds is 2. The van der Waals surface area contributed by atoms with Gasteiger partial charge in [0, 0.05) is 31.1 Å². The molecule has 35 heavy (non-hydrogen) atoms. The van der Waals surface area contributed by atoms with Crippen LogP contribution in [0.25, 0.3) is 0 Å². The van der Waals surface area contributed by atoms with Crippen LogP contribution in [0.15, 0.2) is 0 Å². The van der Waals surface area contributed by atoms with Gasteiger partial charge in [-0.1, -0.05) is 41.0 Å². The second-order valence-corrected chi connectivity index (χ2v) is 14.0. The van der Waals surface area contributed by atoms with Crippen LogP contribution in [0, 0.1) is 51.2 Å². The summed E-state index contributed by atoms with van der Waals surface area (Å²) in [6, 6.07) is 0. The zero-order valence-corrected chi connectivity index (χ0v) is 22.8. The average molecular weight is 491 g/mol. The highest BCUT2D eigenvalue weighted by Gasteiger charge is 2.72. The van der Waals surface area contributed by atoms with Crippen molar-refractivity contribution in [2.45, 2.75) is 112 Å². The predicted octanol–water partition coefficient (Wildman–Crippen LogP) is 5.11. The Bertz CT molecular complexity index is 884. The maximum atomic E-state index is 12.4. The molecule has 4 aliphatic carbocycles. The van der Waals surface area contributed by atoms with Crippen LogP contribution in [0.5, 0.6) is 0 Å². The molecular formula is C29H46O6. The van der Waals surface area contributed by atoms with E-state index in [4.69, 9.17) is 14.2 Å². The van der Waals surface area contributed by atoms with E-state index in [1.807, 2.05) is 0 Å². The monoisotopic (exact) mass is 490 g/mol. The second kappa shape index (κ2) is 8.18. The summed E-state index contributed by atoms with van der Waals surface area (Å²) in [6.45, 7) is 15.4. The smallest absolute Gasteiger partial charge is 0.302 e. The van der Waals surface area contributed by atoms with Crippen LogP contribution in [-0.4, -0.2) is 42.1 Å². The molecule has 1 saturated heterocycles. The molecule has 5 aliphatic rings. The van der Waals surface area contributed by atoms with Crippen molar-refractivity contribution in [3.63, 3.8) is 0 Å². The maximum Gasteiger partial charge on any atom is 0.302 e. The first-order valence-corrected chi connectivity index (χ1v) is 13.9. The third kappa shape index (κ3) is 3.55. The van der Waals surface area contributed by atoms with Crippen molar-refractivity contribution >= 4 is 11.9 Å². The molecule has 0 spiro atoms. The number of carbonyl (C=O) groups is 2. The molecule has 0 aromatic heterocycles. The second-order valence-electron chi connectivity index (χ2n) is 14.0. The molecule has 0 aromatic carbocycles. The highest BCUT2D eigenvalue weighted by Crippen LogP contribution is 2.74. The van der Waals surface area contributed by atoms with Crippen molar-refractivity contribution in [1.82, 2.24) is 0 Å². The molecule has 0 radical (unpaired) electrons. The first-order chi connectivity index (χ1) is 16.2. The van der Waals surface area contributed by atoms with E-state index in [-0.39, 0.29) is 52.7 Å². The number of ether oxygens (including phenoxy) is 3. The number of esters is 2. The Hall–Kier alpha value is -1.14. The van der Waals surface area contributed by atoms with Crippen LogP contribution >= 0.6 is 0 Å². The standard InChI is InChI=1S/C29H46O6/c1-16(30)34-19-13-22-28(6)12-9-20-26(3,4)10-8-11-27(20,5)21(28)14-23(35-17(2)31)29(22,7)24-18(19)15-33-25(24)32/h18-25,32H,8-15H2,1-7H3/t18?,19-,20?,21?,22?,23?,24?,25?,27-,28+,29+/m0/s1. The van der Waals surface area contributed by atoms with E-state index in [9.17, 15) is 14.7 Å². The summed E-state index contributed by atoms with van der Waals surface area (Å²) in [5, 5.41) is 11.1. The molecule has 4 saturated carbocycles. The van der Waals surface area contributed by atoms with E-state index < -0.39 is 11.7 Å². The summed E-state index contributed by atoms with van der Waals surface area (Å²) >= 11 is 0. The van der Waals surface area contributed by atoms with Gasteiger partial charge in [-0.05, 0) is 72.5 Å². The van der Waals surface area contributed by atoms with Gasteiger partial charge < -0.3 is 19.3 Å². The molecular weight excluding hydrogens is 444 g/mol. The molecule has 198 valence electrons. The summed E-state index contributed by atoms with van der Waals surface area (Å²) < 4.78 is 17.9. The van der Waals surface area contributed by atoms with Crippen LogP contribution in [0.1, 0.15) is 93.4 Å². The molecule has 1 aliphatic heterocycles. The summed E-state index contributed by atoms with van der Waals surface area (Å²) in [4.78, 5) is 24.5. The van der Waals surface area contributed by atoms with Crippen molar-refractivity contribution in [3.05, 3.63) is 0 Å². The molecule has 5 rings (SSSR count). The Balaban J connectivity index is 1.63. The molecule has 6 nitrogen and oxygen atoms in total. The Morgan fingerprint density at radius 1 is 0.857 bits per heavy atom. The normalized spacial score (nSPS) is 52.3. The van der Waals surface area contributed by atoms with Crippen LogP contribution in [-0.2, 0) is 23.8 Å². The third-order valence-corrected chi connectivity index (χ3v) is 12.0. The van der Waals surface area contributed by atoms with Crippen molar-refractivity contribution in [1.29, 1.82) is 0 Å². The van der Waals surface area contributed by atoms with Gasteiger partial charge in [-0.3, -0.25) is 9.59 Å². The molecule has 6 heteroatoms. The highest BCUT2D eigenvalue weighted by atomic mass is 16.6. The van der Waals surface area contributed by atoms with Gasteiger partial charge in [-0.2, -0.15) is 0 Å². The van der Waals surface area contributed by atoms with Crippen molar-refractivity contribution in [2.24, 2.45) is 51.2 Å². The fourth-order valence-electron chi connectivity index (χ4n) is 10.9. The minimum atomic E-state index is -0.940. The third-order valence-electron chi connectivity index (χ3n) is 12.0. The zero-order valence-electron chi connectivity index (χ0n) is 22.8. The van der Waals surface area contributed by atoms with Gasteiger partial charge in [0.1, 0.15) is 12.2 Å². The van der Waals surface area contributed by atoms with E-state index in [1.54, 1.807) is 0 Å². The number of fused-ring (bicyclic) bond motifs is 7. The Morgan fingerprint density at radius 3 is 2.17 bits per heavy atom. The van der Waals surface area contributed by atoms with Gasteiger partial charge in [-0.15, -0.1) is 0 Å². The predicted molar refractivity (Wildman–Crippen MR) is 131 cm³/mol. The molecule has 11 atom stereocenters. The highest BCUT2D eigenvalue weighted by molar-refractivity contribution is 5.66. The Labute approximate surface area is 210 Å². The van der Waals surface area contributed by atoms with Crippen molar-refractivity contribution < 1.29 is 28.9 Å². The summed E-state index contributed by atoms with van der Waals surface area (Å²) in [5.74, 6) is 0.345. The molecule has 0 bridgehead atoms. The topological polar surface area (TPSA) is 82.1 Å². The lowest BCUT2D eigenvalue weighted by Gasteiger charge is -2.71. The van der Waals surface area contributed by atoms with Gasteiger partial charge in [-0.25, -0.2) is 0 Å². The number of aliphatic hydroxyl groups excluding tert-OH is 1. The largest absolute Gasteiger partial charge is 0.462 e. The minimum Gasteiger partial charge on any atom is -0.462 e. The van der Waals surface area contributed by atoms with E-state index >= 15 is 0 Å². The molecule has 5 fully saturated rings. The first kappa shape index (κ1) is 25.5. The number of hydrogen-bond donors (Lipinski definition) is 1. The van der Waals surface area contributed by atoms with Crippen molar-refractivity contribution in [3.8, 4) is 0 Å². The van der Waals surface area contributed by atoms with E-state index in [1.165, 1.54) is 39.5 Å². The number of hydrogen-bond acceptors (Lipinski definition) is 6. The van der Waals surface area contributed by atoms with Crippen LogP contribution in [0.4, 0.5) is 0 Å². The summed E-state index contributed by atoms with van der Waals surface area (Å²) in [5.41, 5.74) is 0.0454. The lowest BCUT2D eigenvalue weighted by Crippen LogP contribution is -2.69. The average Bonchev–Trinajstić information content (AvgIpc) is 3.13. The fraction of sp³-hybridized carbons (Fsp3) is 0.931. The quantitative estimate of drug-likeness (QED) is 0.542. The first-order valence-electron chi connectivity index (χ1n) is 13.9. The van der Waals surface area contributed by atoms with Gasteiger partial charge in [0.25, 0.3) is 0 Å². The summed E-state index contributed by atoms with van der Waals surface area (Å²) in [6.07, 6.45) is 6.10. The Morgan fingerprint density at radius 2 is 1.51 bits per heavy atom. The summed E-state index contributed by atoms with van der Waals surface area (Å²) in [7, 11) is 0. The van der Waals surface area contributed by atoms with Gasteiger partial charge in [0.2, 0.25) is 0 Å². The van der Waals surface area contributed by atoms with Crippen LogP contribution < -0.4 is 0 Å². The molecule has 0 aromatic rings. The molecule has 7 unspecified atom stereocenters. The lowest BCUT2D eigenvalue weighted by molar-refractivity contribution is -0.277. The minimum absolute atomic E-state index is 0.00967. The number of aliphatic hydroxyl groups is 1. The SMILES string of the molecule is CC(=O)OC1CC2[C@@]3(C)CCCC(C)(C)C3CC[C@@]2(C)C2C[C@H](OC(C)=O)C3COC(O)C3[C@@]12C. The zero-order chi connectivity index (χ0) is 25.6.